The van der Waals surface area contributed by atoms with Gasteiger partial charge in [0.15, 0.2) is 0 Å². The first-order valence-electron chi connectivity index (χ1n) is 9.85. The van der Waals surface area contributed by atoms with Gasteiger partial charge >= 0.3 is 24.0 Å². The molecule has 2 aromatic carbocycles. The molecule has 0 aliphatic heterocycles. The number of hydrogen-bond acceptors (Lipinski definition) is 4. The van der Waals surface area contributed by atoms with Crippen LogP contribution in [0.3, 0.4) is 0 Å². The maximum absolute atomic E-state index is 14.5. The van der Waals surface area contributed by atoms with Crippen molar-refractivity contribution in [1.29, 1.82) is 0 Å². The summed E-state index contributed by atoms with van der Waals surface area (Å²) < 4.78 is 99.7. The third-order valence-corrected chi connectivity index (χ3v) is 5.11. The Labute approximate surface area is 189 Å². The van der Waals surface area contributed by atoms with Crippen LogP contribution in [-0.4, -0.2) is 39.9 Å². The Bertz CT molecular complexity index is 1180. The molecule has 1 aromatic heterocycles. The number of ether oxygens (including phenoxy) is 1. The third kappa shape index (κ3) is 4.24. The number of aromatic nitrogens is 3. The first kappa shape index (κ1) is 25.2. The van der Waals surface area contributed by atoms with Gasteiger partial charge in [0, 0.05) is 11.1 Å². The molecule has 0 fully saturated rings. The van der Waals surface area contributed by atoms with Crippen molar-refractivity contribution in [3.63, 3.8) is 0 Å². The molecule has 34 heavy (non-hydrogen) atoms. The monoisotopic (exact) mass is 489 g/mol. The van der Waals surface area contributed by atoms with Gasteiger partial charge in [-0.3, -0.25) is 0 Å². The standard InChI is InChI=1S/C22H18F7N3O2/c1-4-34-19(33)15-7-5-6-8-17(15)32-11-16(30-31-32)18-12(2)9-14(10-13(18)3)20(23,21(24,25)26)22(27,28)29/h5-11H,4H2,1-3H3. The lowest BCUT2D eigenvalue weighted by atomic mass is 9.88. The largest absolute Gasteiger partial charge is 0.462 e. The Balaban J connectivity index is 2.10. The Morgan fingerprint density at radius 1 is 0.971 bits per heavy atom. The zero-order valence-electron chi connectivity index (χ0n) is 18.1. The van der Waals surface area contributed by atoms with Crippen LogP contribution in [0.4, 0.5) is 30.7 Å². The Hall–Kier alpha value is -3.44. The molecule has 3 rings (SSSR count). The van der Waals surface area contributed by atoms with E-state index in [0.29, 0.717) is 17.8 Å². The van der Waals surface area contributed by atoms with Crippen LogP contribution in [0.1, 0.15) is 34.0 Å². The molecule has 182 valence electrons. The number of rotatable bonds is 5. The van der Waals surface area contributed by atoms with Crippen molar-refractivity contribution in [2.45, 2.75) is 38.8 Å². The first-order chi connectivity index (χ1) is 15.7. The second kappa shape index (κ2) is 8.73. The van der Waals surface area contributed by atoms with E-state index >= 15 is 0 Å². The maximum atomic E-state index is 14.5. The van der Waals surface area contributed by atoms with Crippen molar-refractivity contribution in [3.8, 4) is 16.9 Å². The van der Waals surface area contributed by atoms with Crippen LogP contribution in [0.15, 0.2) is 42.6 Å². The molecule has 5 nitrogen and oxygen atoms in total. The van der Waals surface area contributed by atoms with Gasteiger partial charge in [0.1, 0.15) is 5.69 Å². The normalized spacial score (nSPS) is 12.6. The molecule has 0 saturated heterocycles. The summed E-state index contributed by atoms with van der Waals surface area (Å²) in [5, 5.41) is 7.87. The number of halogens is 7. The first-order valence-corrected chi connectivity index (χ1v) is 9.85. The van der Waals surface area contributed by atoms with Gasteiger partial charge in [0.2, 0.25) is 0 Å². The summed E-state index contributed by atoms with van der Waals surface area (Å²) in [6.45, 7) is 4.24. The molecule has 0 atom stereocenters. The highest BCUT2D eigenvalue weighted by atomic mass is 19.4. The smallest absolute Gasteiger partial charge is 0.435 e. The van der Waals surface area contributed by atoms with Gasteiger partial charge in [-0.05, 0) is 44.0 Å². The molecule has 12 heteroatoms. The molecule has 0 aliphatic carbocycles. The quantitative estimate of drug-likeness (QED) is 0.325. The predicted molar refractivity (Wildman–Crippen MR) is 107 cm³/mol. The van der Waals surface area contributed by atoms with E-state index in [9.17, 15) is 35.5 Å². The van der Waals surface area contributed by atoms with Crippen molar-refractivity contribution in [1.82, 2.24) is 15.0 Å². The average Bonchev–Trinajstić information content (AvgIpc) is 3.20. The lowest BCUT2D eigenvalue weighted by Crippen LogP contribution is -2.50. The van der Waals surface area contributed by atoms with E-state index in [1.807, 2.05) is 0 Å². The van der Waals surface area contributed by atoms with Crippen molar-refractivity contribution in [3.05, 3.63) is 64.8 Å². The summed E-state index contributed by atoms with van der Waals surface area (Å²) in [6.07, 6.45) is -11.1. The van der Waals surface area contributed by atoms with Gasteiger partial charge in [0.25, 0.3) is 0 Å². The number of carbonyl (C=O) groups is 1. The van der Waals surface area contributed by atoms with E-state index in [1.165, 1.54) is 30.8 Å². The zero-order valence-corrected chi connectivity index (χ0v) is 18.1. The summed E-state index contributed by atoms with van der Waals surface area (Å²) >= 11 is 0. The highest BCUT2D eigenvalue weighted by Gasteiger charge is 2.73. The number of carbonyl (C=O) groups excluding carboxylic acids is 1. The van der Waals surface area contributed by atoms with Gasteiger partial charge in [-0.2, -0.15) is 26.3 Å². The summed E-state index contributed by atoms with van der Waals surface area (Å²) in [4.78, 5) is 12.2. The summed E-state index contributed by atoms with van der Waals surface area (Å²) in [6, 6.07) is 7.27. The highest BCUT2D eigenvalue weighted by molar-refractivity contribution is 5.93. The average molecular weight is 489 g/mol. The number of nitrogens with zero attached hydrogens (tertiary/aromatic N) is 3. The minimum atomic E-state index is -6.22. The van der Waals surface area contributed by atoms with E-state index in [-0.39, 0.29) is 34.6 Å². The second-order valence-corrected chi connectivity index (χ2v) is 7.43. The minimum absolute atomic E-state index is 0.0729. The molecule has 0 aliphatic rings. The van der Waals surface area contributed by atoms with Crippen LogP contribution in [0.5, 0.6) is 0 Å². The van der Waals surface area contributed by atoms with E-state index in [0.717, 1.165) is 0 Å². The number of alkyl halides is 7. The number of aryl methyl sites for hydroxylation is 2. The van der Waals surface area contributed by atoms with Crippen LogP contribution < -0.4 is 0 Å². The SMILES string of the molecule is CCOC(=O)c1ccccc1-n1cc(-c2c(C)cc(C(F)(C(F)(F)F)C(F)(F)F)cc2C)nn1. The van der Waals surface area contributed by atoms with E-state index in [1.54, 1.807) is 25.1 Å². The van der Waals surface area contributed by atoms with Crippen LogP contribution >= 0.6 is 0 Å². The molecule has 3 aromatic rings. The molecule has 0 spiro atoms. The number of benzene rings is 2. The zero-order chi connectivity index (χ0) is 25.5. The lowest BCUT2D eigenvalue weighted by molar-refractivity contribution is -0.348. The molecule has 0 saturated carbocycles. The van der Waals surface area contributed by atoms with E-state index in [2.05, 4.69) is 10.3 Å². The van der Waals surface area contributed by atoms with Gasteiger partial charge in [-0.1, -0.05) is 29.5 Å². The fourth-order valence-corrected chi connectivity index (χ4v) is 3.61. The Morgan fingerprint density at radius 2 is 1.53 bits per heavy atom. The fraction of sp³-hybridized carbons (Fsp3) is 0.318. The number of esters is 1. The van der Waals surface area contributed by atoms with Crippen LogP contribution in [0.25, 0.3) is 16.9 Å². The van der Waals surface area contributed by atoms with Crippen LogP contribution in [0, 0.1) is 13.8 Å². The van der Waals surface area contributed by atoms with Gasteiger partial charge in [-0.25, -0.2) is 13.9 Å². The topological polar surface area (TPSA) is 57.0 Å². The molecule has 0 N–H and O–H groups in total. The predicted octanol–water partition coefficient (Wildman–Crippen LogP) is 6.02. The van der Waals surface area contributed by atoms with Gasteiger partial charge in [0.05, 0.1) is 24.1 Å². The third-order valence-electron chi connectivity index (χ3n) is 5.11. The molecule has 0 unspecified atom stereocenters. The summed E-state index contributed by atoms with van der Waals surface area (Å²) in [5.74, 6) is -0.620. The second-order valence-electron chi connectivity index (χ2n) is 7.43. The molecule has 1 heterocycles. The summed E-state index contributed by atoms with van der Waals surface area (Å²) in [5.41, 5.74) is -6.52. The highest BCUT2D eigenvalue weighted by Crippen LogP contribution is 2.53. The van der Waals surface area contributed by atoms with Gasteiger partial charge < -0.3 is 4.74 Å². The molecule has 0 radical (unpaired) electrons. The van der Waals surface area contributed by atoms with Crippen LogP contribution in [-0.2, 0) is 10.4 Å². The van der Waals surface area contributed by atoms with Crippen molar-refractivity contribution in [2.24, 2.45) is 0 Å². The van der Waals surface area contributed by atoms with Crippen molar-refractivity contribution >= 4 is 5.97 Å². The molecule has 0 amide bonds. The van der Waals surface area contributed by atoms with E-state index in [4.69, 9.17) is 4.74 Å². The molecular formula is C22H18F7N3O2. The van der Waals surface area contributed by atoms with Crippen LogP contribution in [0.2, 0.25) is 0 Å². The minimum Gasteiger partial charge on any atom is -0.462 e. The van der Waals surface area contributed by atoms with Crippen molar-refractivity contribution in [2.75, 3.05) is 6.61 Å². The molecule has 0 bridgehead atoms. The van der Waals surface area contributed by atoms with E-state index < -0.39 is 29.6 Å². The maximum Gasteiger partial charge on any atom is 0.435 e. The van der Waals surface area contributed by atoms with Gasteiger partial charge in [-0.15, -0.1) is 5.10 Å². The molecular weight excluding hydrogens is 471 g/mol. The fourth-order valence-electron chi connectivity index (χ4n) is 3.61. The Kier molecular flexibility index (Phi) is 6.47. The summed E-state index contributed by atoms with van der Waals surface area (Å²) in [7, 11) is 0. The lowest BCUT2D eigenvalue weighted by Gasteiger charge is -2.31. The Morgan fingerprint density at radius 3 is 2.06 bits per heavy atom. The number of hydrogen-bond donors (Lipinski definition) is 0. The van der Waals surface area contributed by atoms with Crippen molar-refractivity contribution < 1.29 is 40.3 Å². The number of para-hydroxylation sites is 1.